The Balaban J connectivity index is 1.20. The minimum Gasteiger partial charge on any atom is -0.489 e. The highest BCUT2D eigenvalue weighted by Gasteiger charge is 2.66. The Labute approximate surface area is 225 Å². The molecular weight excluding hydrogens is 493 g/mol. The molecule has 4 heterocycles. The van der Waals surface area contributed by atoms with Gasteiger partial charge in [0.15, 0.2) is 5.65 Å². The Morgan fingerprint density at radius 2 is 1.97 bits per heavy atom. The van der Waals surface area contributed by atoms with Crippen LogP contribution in [-0.2, 0) is 5.41 Å². The molecule has 2 aromatic carbocycles. The lowest BCUT2D eigenvalue weighted by atomic mass is 9.91. The molecule has 198 valence electrons. The van der Waals surface area contributed by atoms with Crippen LogP contribution in [-0.4, -0.2) is 50.9 Å². The minimum atomic E-state index is -0.306. The van der Waals surface area contributed by atoms with E-state index in [1.807, 2.05) is 56.4 Å². The predicted molar refractivity (Wildman–Crippen MR) is 149 cm³/mol. The van der Waals surface area contributed by atoms with Gasteiger partial charge in [0, 0.05) is 42.2 Å². The number of H-pyrrole nitrogens is 1. The first-order valence-electron chi connectivity index (χ1n) is 13.5. The van der Waals surface area contributed by atoms with Crippen LogP contribution in [0, 0.1) is 17.7 Å². The van der Waals surface area contributed by atoms with Gasteiger partial charge in [-0.3, -0.25) is 10.1 Å². The van der Waals surface area contributed by atoms with Gasteiger partial charge in [0.05, 0.1) is 12.3 Å². The van der Waals surface area contributed by atoms with Crippen molar-refractivity contribution in [1.82, 2.24) is 25.1 Å². The number of nitrogens with zero attached hydrogens (tertiary/aromatic N) is 5. The molecule has 0 spiro atoms. The number of ether oxygens (including phenoxy) is 1. The Morgan fingerprint density at radius 3 is 2.79 bits per heavy atom. The number of hydrogen-bond acceptors (Lipinski definition) is 7. The lowest BCUT2D eigenvalue weighted by Gasteiger charge is -2.26. The molecule has 7 rings (SSSR count). The third-order valence-corrected chi connectivity index (χ3v) is 8.47. The summed E-state index contributed by atoms with van der Waals surface area (Å²) in [6.07, 6.45) is 4.56. The van der Waals surface area contributed by atoms with Gasteiger partial charge in [0.1, 0.15) is 34.1 Å². The van der Waals surface area contributed by atoms with Gasteiger partial charge in [-0.1, -0.05) is 24.3 Å². The van der Waals surface area contributed by atoms with Crippen LogP contribution >= 0.6 is 0 Å². The predicted octanol–water partition coefficient (Wildman–Crippen LogP) is 4.85. The van der Waals surface area contributed by atoms with Gasteiger partial charge in [0.25, 0.3) is 0 Å². The molecule has 0 radical (unpaired) electrons. The van der Waals surface area contributed by atoms with Crippen LogP contribution < -0.4 is 15.4 Å². The molecule has 3 aromatic heterocycles. The highest BCUT2D eigenvalue weighted by Crippen LogP contribution is 2.63. The Bertz CT molecular complexity index is 1700. The molecule has 2 aliphatic rings. The maximum absolute atomic E-state index is 14.8. The molecule has 2 fully saturated rings. The molecule has 3 N–H and O–H groups in total. The zero-order valence-corrected chi connectivity index (χ0v) is 21.9. The van der Waals surface area contributed by atoms with Crippen LogP contribution in [0.2, 0.25) is 0 Å². The van der Waals surface area contributed by atoms with Crippen molar-refractivity contribution in [1.29, 1.82) is 0 Å². The monoisotopic (exact) mass is 523 g/mol. The van der Waals surface area contributed by atoms with E-state index in [9.17, 15) is 4.39 Å². The SMILES string of the molecule is CC(C)Oc1ccc(-c2n[nH]c3nc(N4CC[C@@H]5[C@H](C4)[C@@]5(CN)c4ccccc4F)cnc23)c2cccnc12. The average molecular weight is 524 g/mol. The zero-order chi connectivity index (χ0) is 26.7. The summed E-state index contributed by atoms with van der Waals surface area (Å²) in [6.45, 7) is 6.03. The van der Waals surface area contributed by atoms with Crippen LogP contribution in [0.3, 0.4) is 0 Å². The number of aromatic amines is 1. The van der Waals surface area contributed by atoms with E-state index in [0.29, 0.717) is 23.6 Å². The van der Waals surface area contributed by atoms with Crippen molar-refractivity contribution in [2.45, 2.75) is 31.8 Å². The number of rotatable bonds is 6. The van der Waals surface area contributed by atoms with Crippen LogP contribution in [0.15, 0.2) is 60.9 Å². The van der Waals surface area contributed by atoms with Crippen molar-refractivity contribution in [2.24, 2.45) is 17.6 Å². The number of piperidine rings is 1. The highest BCUT2D eigenvalue weighted by molar-refractivity contribution is 6.02. The topological polar surface area (TPSA) is 106 Å². The second kappa shape index (κ2) is 8.98. The number of aromatic nitrogens is 5. The molecule has 9 heteroatoms. The molecule has 1 saturated heterocycles. The van der Waals surface area contributed by atoms with Crippen molar-refractivity contribution < 1.29 is 9.13 Å². The largest absolute Gasteiger partial charge is 0.489 e. The number of benzene rings is 2. The quantitative estimate of drug-likeness (QED) is 0.328. The summed E-state index contributed by atoms with van der Waals surface area (Å²) in [6, 6.07) is 14.9. The first-order chi connectivity index (χ1) is 19.0. The van der Waals surface area contributed by atoms with Gasteiger partial charge in [-0.25, -0.2) is 14.4 Å². The van der Waals surface area contributed by atoms with E-state index >= 15 is 0 Å². The summed E-state index contributed by atoms with van der Waals surface area (Å²) in [5.74, 6) is 2.03. The van der Waals surface area contributed by atoms with Crippen molar-refractivity contribution in [3.8, 4) is 17.0 Å². The molecule has 0 bridgehead atoms. The van der Waals surface area contributed by atoms with Crippen molar-refractivity contribution in [3.05, 3.63) is 72.3 Å². The first kappa shape index (κ1) is 24.0. The highest BCUT2D eigenvalue weighted by atomic mass is 19.1. The lowest BCUT2D eigenvalue weighted by Crippen LogP contribution is -2.32. The molecule has 0 unspecified atom stereocenters. The molecule has 8 nitrogen and oxygen atoms in total. The summed E-state index contributed by atoms with van der Waals surface area (Å²) < 4.78 is 20.7. The van der Waals surface area contributed by atoms with E-state index in [1.165, 1.54) is 6.07 Å². The normalized spacial score (nSPS) is 22.4. The molecule has 5 aromatic rings. The first-order valence-corrected chi connectivity index (χ1v) is 13.5. The van der Waals surface area contributed by atoms with Gasteiger partial charge >= 0.3 is 0 Å². The summed E-state index contributed by atoms with van der Waals surface area (Å²) >= 11 is 0. The molecule has 3 atom stereocenters. The molecule has 1 aliphatic carbocycles. The van der Waals surface area contributed by atoms with Crippen molar-refractivity contribution in [3.63, 3.8) is 0 Å². The average Bonchev–Trinajstić information content (AvgIpc) is 3.42. The van der Waals surface area contributed by atoms with Gasteiger partial charge in [-0.2, -0.15) is 5.10 Å². The summed E-state index contributed by atoms with van der Waals surface area (Å²) in [7, 11) is 0. The maximum atomic E-state index is 14.8. The lowest BCUT2D eigenvalue weighted by molar-refractivity contribution is 0.245. The molecule has 1 aliphatic heterocycles. The second-order valence-corrected chi connectivity index (χ2v) is 10.8. The number of pyridine rings is 1. The fourth-order valence-corrected chi connectivity index (χ4v) is 6.67. The van der Waals surface area contributed by atoms with Crippen LogP contribution in [0.25, 0.3) is 33.3 Å². The zero-order valence-electron chi connectivity index (χ0n) is 21.9. The van der Waals surface area contributed by atoms with E-state index in [4.69, 9.17) is 20.4 Å². The molecule has 1 saturated carbocycles. The standard InChI is InChI=1S/C30H30FN7O/c1-17(2)39-24-10-9-19(18-6-5-12-33-26(18)24)27-28-29(37-36-27)35-25(14-34-28)38-13-11-20-22(15-38)30(20,16-32)21-7-3-4-8-23(21)31/h3-10,12,14,17,20,22H,11,13,15-16,32H2,1-2H3,(H,35,36,37)/t20-,22+,30-/m1/s1. The number of anilines is 1. The molecule has 39 heavy (non-hydrogen) atoms. The van der Waals surface area contributed by atoms with E-state index in [2.05, 4.69) is 20.1 Å². The minimum absolute atomic E-state index is 0.0407. The summed E-state index contributed by atoms with van der Waals surface area (Å²) in [5.41, 5.74) is 10.5. The van der Waals surface area contributed by atoms with Gasteiger partial charge in [-0.15, -0.1) is 0 Å². The number of hydrogen-bond donors (Lipinski definition) is 2. The van der Waals surface area contributed by atoms with Gasteiger partial charge in [0.2, 0.25) is 0 Å². The number of nitrogens with two attached hydrogens (primary N) is 1. The van der Waals surface area contributed by atoms with Gasteiger partial charge < -0.3 is 15.4 Å². The smallest absolute Gasteiger partial charge is 0.177 e. The number of fused-ring (bicyclic) bond motifs is 3. The van der Waals surface area contributed by atoms with Crippen LogP contribution in [0.4, 0.5) is 10.2 Å². The van der Waals surface area contributed by atoms with Gasteiger partial charge in [-0.05, 0) is 61.9 Å². The summed E-state index contributed by atoms with van der Waals surface area (Å²) in [5, 5.41) is 8.64. The second-order valence-electron chi connectivity index (χ2n) is 10.8. The van der Waals surface area contributed by atoms with E-state index in [-0.39, 0.29) is 23.3 Å². The van der Waals surface area contributed by atoms with E-state index < -0.39 is 0 Å². The molecule has 0 amide bonds. The molecular formula is C30H30FN7O. The Kier molecular flexibility index (Phi) is 5.52. The van der Waals surface area contributed by atoms with E-state index in [1.54, 1.807) is 12.3 Å². The third kappa shape index (κ3) is 3.67. The fourth-order valence-electron chi connectivity index (χ4n) is 6.67. The number of halogens is 1. The fraction of sp³-hybridized carbons (Fsp3) is 0.333. The van der Waals surface area contributed by atoms with Crippen molar-refractivity contribution in [2.75, 3.05) is 24.5 Å². The van der Waals surface area contributed by atoms with Crippen LogP contribution in [0.5, 0.6) is 5.75 Å². The van der Waals surface area contributed by atoms with E-state index in [0.717, 1.165) is 58.8 Å². The summed E-state index contributed by atoms with van der Waals surface area (Å²) in [4.78, 5) is 16.5. The third-order valence-electron chi connectivity index (χ3n) is 8.47. The van der Waals surface area contributed by atoms with Crippen molar-refractivity contribution >= 4 is 27.9 Å². The Hall–Kier alpha value is -4.11. The maximum Gasteiger partial charge on any atom is 0.177 e. The Morgan fingerprint density at radius 1 is 1.10 bits per heavy atom. The number of nitrogens with one attached hydrogen (secondary N) is 1. The van der Waals surface area contributed by atoms with Crippen LogP contribution in [0.1, 0.15) is 25.8 Å².